The zero-order valence-electron chi connectivity index (χ0n) is 15.1. The molecule has 1 aliphatic rings. The summed E-state index contributed by atoms with van der Waals surface area (Å²) in [6.07, 6.45) is 9.26. The van der Waals surface area contributed by atoms with E-state index < -0.39 is 0 Å². The molecular formula is C20H32N2O2. The Kier molecular flexibility index (Phi) is 8.67. The van der Waals surface area contributed by atoms with Gasteiger partial charge in [-0.3, -0.25) is 0 Å². The minimum atomic E-state index is -0.348. The molecule has 0 atom stereocenters. The van der Waals surface area contributed by atoms with Gasteiger partial charge in [-0.05, 0) is 56.5 Å². The van der Waals surface area contributed by atoms with Crippen LogP contribution in [0.4, 0.5) is 4.79 Å². The molecule has 1 aromatic carbocycles. The van der Waals surface area contributed by atoms with Crippen molar-refractivity contribution in [2.45, 2.75) is 58.3 Å². The van der Waals surface area contributed by atoms with Crippen LogP contribution in [-0.4, -0.2) is 37.2 Å². The summed E-state index contributed by atoms with van der Waals surface area (Å²) < 4.78 is 5.39. The molecule has 1 fully saturated rings. The molecule has 0 aliphatic carbocycles. The fourth-order valence-corrected chi connectivity index (χ4v) is 3.12. The van der Waals surface area contributed by atoms with Crippen molar-refractivity contribution >= 4 is 6.09 Å². The first-order chi connectivity index (χ1) is 11.8. The van der Waals surface area contributed by atoms with Crippen LogP contribution in [0, 0.1) is 0 Å². The predicted octanol–water partition coefficient (Wildman–Crippen LogP) is 4.38. The third kappa shape index (κ3) is 7.35. The number of ether oxygens (including phenoxy) is 1. The lowest BCUT2D eigenvalue weighted by molar-refractivity contribution is 0.200. The maximum Gasteiger partial charge on any atom is 0.412 e. The molecule has 4 heteroatoms. The average Bonchev–Trinajstić information content (AvgIpc) is 2.61. The Balaban J connectivity index is 1.70. The van der Waals surface area contributed by atoms with Crippen molar-refractivity contribution in [1.82, 2.24) is 10.2 Å². The van der Waals surface area contributed by atoms with Crippen LogP contribution in [0.25, 0.3) is 0 Å². The van der Waals surface area contributed by atoms with Gasteiger partial charge >= 0.3 is 6.09 Å². The van der Waals surface area contributed by atoms with Crippen molar-refractivity contribution in [3.63, 3.8) is 0 Å². The highest BCUT2D eigenvalue weighted by Gasteiger charge is 2.10. The van der Waals surface area contributed by atoms with Crippen LogP contribution in [-0.2, 0) is 6.42 Å². The van der Waals surface area contributed by atoms with Crippen LogP contribution in [0.3, 0.4) is 0 Å². The van der Waals surface area contributed by atoms with Gasteiger partial charge in [0, 0.05) is 13.1 Å². The van der Waals surface area contributed by atoms with E-state index in [0.717, 1.165) is 25.8 Å². The van der Waals surface area contributed by atoms with E-state index in [1.165, 1.54) is 50.8 Å². The first-order valence-corrected chi connectivity index (χ1v) is 9.55. The Morgan fingerprint density at radius 2 is 2.00 bits per heavy atom. The van der Waals surface area contributed by atoms with E-state index in [1.807, 2.05) is 18.2 Å². The smallest absolute Gasteiger partial charge is 0.410 e. The number of carbonyl (C=O) groups is 1. The summed E-state index contributed by atoms with van der Waals surface area (Å²) >= 11 is 0. The van der Waals surface area contributed by atoms with Gasteiger partial charge in [-0.25, -0.2) is 4.79 Å². The molecule has 0 unspecified atom stereocenters. The SMILES string of the molecule is CCCCCCNC(=O)Oc1cccc(CCN2CCCCC2)c1. The lowest BCUT2D eigenvalue weighted by atomic mass is 10.1. The number of hydrogen-bond acceptors (Lipinski definition) is 3. The Morgan fingerprint density at radius 1 is 1.17 bits per heavy atom. The van der Waals surface area contributed by atoms with Gasteiger partial charge in [0.15, 0.2) is 0 Å². The van der Waals surface area contributed by atoms with Crippen molar-refractivity contribution in [3.8, 4) is 5.75 Å². The van der Waals surface area contributed by atoms with Gasteiger partial charge in [0.2, 0.25) is 0 Å². The number of rotatable bonds is 9. The highest BCUT2D eigenvalue weighted by molar-refractivity contribution is 5.70. The van der Waals surface area contributed by atoms with Crippen LogP contribution in [0.15, 0.2) is 24.3 Å². The molecule has 1 aromatic rings. The van der Waals surface area contributed by atoms with Crippen molar-refractivity contribution in [2.75, 3.05) is 26.2 Å². The summed E-state index contributed by atoms with van der Waals surface area (Å²) in [6, 6.07) is 7.91. The topological polar surface area (TPSA) is 41.6 Å². The minimum absolute atomic E-state index is 0.348. The maximum absolute atomic E-state index is 11.8. The van der Waals surface area contributed by atoms with Crippen molar-refractivity contribution in [1.29, 1.82) is 0 Å². The molecule has 1 saturated heterocycles. The normalized spacial score (nSPS) is 15.2. The van der Waals surface area contributed by atoms with E-state index in [9.17, 15) is 4.79 Å². The minimum Gasteiger partial charge on any atom is -0.410 e. The molecule has 1 amide bonds. The molecule has 134 valence electrons. The summed E-state index contributed by atoms with van der Waals surface area (Å²) in [4.78, 5) is 14.3. The number of hydrogen-bond donors (Lipinski definition) is 1. The van der Waals surface area contributed by atoms with Crippen LogP contribution in [0.2, 0.25) is 0 Å². The molecule has 0 aromatic heterocycles. The number of amides is 1. The summed E-state index contributed by atoms with van der Waals surface area (Å²) in [6.45, 7) is 6.40. The molecular weight excluding hydrogens is 300 g/mol. The Morgan fingerprint density at radius 3 is 2.79 bits per heavy atom. The first-order valence-electron chi connectivity index (χ1n) is 9.55. The molecule has 1 aliphatic heterocycles. The van der Waals surface area contributed by atoms with E-state index in [1.54, 1.807) is 0 Å². The van der Waals surface area contributed by atoms with Crippen LogP contribution in [0.1, 0.15) is 57.4 Å². The van der Waals surface area contributed by atoms with E-state index in [2.05, 4.69) is 23.2 Å². The molecule has 0 saturated carbocycles. The van der Waals surface area contributed by atoms with E-state index in [4.69, 9.17) is 4.74 Å². The lowest BCUT2D eigenvalue weighted by Crippen LogP contribution is -2.31. The highest BCUT2D eigenvalue weighted by atomic mass is 16.6. The van der Waals surface area contributed by atoms with Gasteiger partial charge in [0.1, 0.15) is 5.75 Å². The third-order valence-electron chi connectivity index (χ3n) is 4.57. The van der Waals surface area contributed by atoms with E-state index in [-0.39, 0.29) is 6.09 Å². The average molecular weight is 332 g/mol. The second kappa shape index (κ2) is 11.1. The van der Waals surface area contributed by atoms with E-state index >= 15 is 0 Å². The molecule has 4 nitrogen and oxygen atoms in total. The van der Waals surface area contributed by atoms with Crippen molar-refractivity contribution in [2.24, 2.45) is 0 Å². The quantitative estimate of drug-likeness (QED) is 0.682. The van der Waals surface area contributed by atoms with E-state index in [0.29, 0.717) is 12.3 Å². The second-order valence-corrected chi connectivity index (χ2v) is 6.68. The largest absolute Gasteiger partial charge is 0.412 e. The predicted molar refractivity (Wildman–Crippen MR) is 98.6 cm³/mol. The summed E-state index contributed by atoms with van der Waals surface area (Å²) in [5, 5.41) is 2.82. The van der Waals surface area contributed by atoms with Gasteiger partial charge in [-0.2, -0.15) is 0 Å². The lowest BCUT2D eigenvalue weighted by Gasteiger charge is -2.26. The van der Waals surface area contributed by atoms with Gasteiger partial charge in [-0.15, -0.1) is 0 Å². The Hall–Kier alpha value is -1.55. The van der Waals surface area contributed by atoms with Crippen LogP contribution < -0.4 is 10.1 Å². The molecule has 1 heterocycles. The molecule has 0 spiro atoms. The van der Waals surface area contributed by atoms with Crippen LogP contribution in [0.5, 0.6) is 5.75 Å². The molecule has 0 radical (unpaired) electrons. The van der Waals surface area contributed by atoms with Gasteiger partial charge < -0.3 is 15.0 Å². The zero-order valence-corrected chi connectivity index (χ0v) is 15.1. The molecule has 0 bridgehead atoms. The monoisotopic (exact) mass is 332 g/mol. The molecule has 1 N–H and O–H groups in total. The maximum atomic E-state index is 11.8. The number of benzene rings is 1. The number of nitrogens with one attached hydrogen (secondary N) is 1. The Bertz CT molecular complexity index is 484. The number of likely N-dealkylation sites (tertiary alicyclic amines) is 1. The summed E-state index contributed by atoms with van der Waals surface area (Å²) in [7, 11) is 0. The fourth-order valence-electron chi connectivity index (χ4n) is 3.12. The zero-order chi connectivity index (χ0) is 17.0. The first kappa shape index (κ1) is 18.8. The van der Waals surface area contributed by atoms with Gasteiger partial charge in [0.25, 0.3) is 0 Å². The second-order valence-electron chi connectivity index (χ2n) is 6.68. The fraction of sp³-hybridized carbons (Fsp3) is 0.650. The summed E-state index contributed by atoms with van der Waals surface area (Å²) in [5.41, 5.74) is 1.23. The molecule has 24 heavy (non-hydrogen) atoms. The molecule has 2 rings (SSSR count). The standard InChI is InChI=1S/C20H32N2O2/c1-2-3-4-6-13-21-20(23)24-19-11-9-10-18(17-19)12-16-22-14-7-5-8-15-22/h9-11,17H,2-8,12-16H2,1H3,(H,21,23). The van der Waals surface area contributed by atoms with Crippen molar-refractivity contribution in [3.05, 3.63) is 29.8 Å². The number of piperidine rings is 1. The van der Waals surface area contributed by atoms with Crippen molar-refractivity contribution < 1.29 is 9.53 Å². The van der Waals surface area contributed by atoms with Crippen LogP contribution >= 0.6 is 0 Å². The van der Waals surface area contributed by atoms with Gasteiger partial charge in [0.05, 0.1) is 0 Å². The number of unbranched alkanes of at least 4 members (excludes halogenated alkanes) is 3. The highest BCUT2D eigenvalue weighted by Crippen LogP contribution is 2.15. The van der Waals surface area contributed by atoms with Gasteiger partial charge in [-0.1, -0.05) is 44.7 Å². The third-order valence-corrected chi connectivity index (χ3v) is 4.57. The number of carbonyl (C=O) groups excluding carboxylic acids is 1. The summed E-state index contributed by atoms with van der Waals surface area (Å²) in [5.74, 6) is 0.636. The number of nitrogens with zero attached hydrogens (tertiary/aromatic N) is 1. The Labute approximate surface area is 146 Å².